The maximum atomic E-state index is 5.39. The molecule has 2 N–H and O–H groups in total. The second-order valence-corrected chi connectivity index (χ2v) is 7.09. The highest BCUT2D eigenvalue weighted by molar-refractivity contribution is 5.79. The van der Waals surface area contributed by atoms with E-state index in [9.17, 15) is 0 Å². The zero-order valence-electron chi connectivity index (χ0n) is 15.1. The first kappa shape index (κ1) is 18.5. The molecule has 1 saturated heterocycles. The van der Waals surface area contributed by atoms with Gasteiger partial charge in [0.2, 0.25) is 0 Å². The Morgan fingerprint density at radius 2 is 2.04 bits per heavy atom. The van der Waals surface area contributed by atoms with Crippen molar-refractivity contribution in [1.29, 1.82) is 0 Å². The number of nitrogens with one attached hydrogen (secondary N) is 2. The zero-order chi connectivity index (χ0) is 16.3. The van der Waals surface area contributed by atoms with Crippen LogP contribution in [0.25, 0.3) is 0 Å². The fraction of sp³-hybridized carbons (Fsp3) is 0.944. The van der Waals surface area contributed by atoms with Crippen molar-refractivity contribution >= 4 is 5.96 Å². The molecule has 0 spiro atoms. The second-order valence-electron chi connectivity index (χ2n) is 7.09. The zero-order valence-corrected chi connectivity index (χ0v) is 15.1. The minimum atomic E-state index is 0.780. The topological polar surface area (TPSA) is 48.9 Å². The van der Waals surface area contributed by atoms with Gasteiger partial charge in [-0.15, -0.1) is 0 Å². The number of nitrogens with zero attached hydrogens (tertiary/aromatic N) is 2. The third-order valence-electron chi connectivity index (χ3n) is 4.94. The molecule has 5 heteroatoms. The molecule has 0 aromatic heterocycles. The molecule has 2 rings (SSSR count). The first-order chi connectivity index (χ1) is 11.3. The summed E-state index contributed by atoms with van der Waals surface area (Å²) in [5.41, 5.74) is 0. The van der Waals surface area contributed by atoms with Gasteiger partial charge in [0.15, 0.2) is 5.96 Å². The van der Waals surface area contributed by atoms with Crippen LogP contribution < -0.4 is 10.6 Å². The Balaban J connectivity index is 1.64. The number of hydrogen-bond acceptors (Lipinski definition) is 3. The largest absolute Gasteiger partial charge is 0.379 e. The fourth-order valence-corrected chi connectivity index (χ4v) is 3.62. The van der Waals surface area contributed by atoms with Gasteiger partial charge in [0.25, 0.3) is 0 Å². The third kappa shape index (κ3) is 7.53. The van der Waals surface area contributed by atoms with Crippen LogP contribution >= 0.6 is 0 Å². The summed E-state index contributed by atoms with van der Waals surface area (Å²) in [5.74, 6) is 2.66. The molecule has 0 bridgehead atoms. The van der Waals surface area contributed by atoms with Crippen LogP contribution in [0.2, 0.25) is 0 Å². The maximum absolute atomic E-state index is 5.39. The van der Waals surface area contributed by atoms with Gasteiger partial charge >= 0.3 is 0 Å². The van der Waals surface area contributed by atoms with Gasteiger partial charge in [-0.2, -0.15) is 0 Å². The van der Waals surface area contributed by atoms with Crippen LogP contribution in [-0.2, 0) is 4.74 Å². The summed E-state index contributed by atoms with van der Waals surface area (Å²) in [4.78, 5) is 7.30. The second kappa shape index (κ2) is 10.9. The van der Waals surface area contributed by atoms with Crippen LogP contribution in [0.5, 0.6) is 0 Å². The number of aliphatic imine (C=N–C) groups is 1. The van der Waals surface area contributed by atoms with Gasteiger partial charge in [-0.25, -0.2) is 0 Å². The Kier molecular flexibility index (Phi) is 8.76. The first-order valence-corrected chi connectivity index (χ1v) is 9.60. The van der Waals surface area contributed by atoms with Crippen LogP contribution in [0.4, 0.5) is 0 Å². The highest BCUT2D eigenvalue weighted by atomic mass is 16.5. The summed E-state index contributed by atoms with van der Waals surface area (Å²) >= 11 is 0. The number of ether oxygens (including phenoxy) is 1. The van der Waals surface area contributed by atoms with Gasteiger partial charge in [-0.05, 0) is 44.6 Å². The van der Waals surface area contributed by atoms with Gasteiger partial charge in [0, 0.05) is 32.7 Å². The Bertz CT molecular complexity index is 342. The Hall–Kier alpha value is -0.810. The molecule has 134 valence electrons. The minimum Gasteiger partial charge on any atom is -0.379 e. The third-order valence-corrected chi connectivity index (χ3v) is 4.94. The summed E-state index contributed by atoms with van der Waals surface area (Å²) in [7, 11) is 0. The summed E-state index contributed by atoms with van der Waals surface area (Å²) in [6, 6.07) is 0. The number of guanidine groups is 1. The fourth-order valence-electron chi connectivity index (χ4n) is 3.62. The van der Waals surface area contributed by atoms with Crippen molar-refractivity contribution in [3.8, 4) is 0 Å². The lowest BCUT2D eigenvalue weighted by Gasteiger charge is -2.26. The Morgan fingerprint density at radius 3 is 2.78 bits per heavy atom. The van der Waals surface area contributed by atoms with Gasteiger partial charge in [-0.3, -0.25) is 9.89 Å². The molecule has 1 aliphatic heterocycles. The predicted octanol–water partition coefficient (Wildman–Crippen LogP) is 2.09. The van der Waals surface area contributed by atoms with Crippen molar-refractivity contribution in [2.75, 3.05) is 52.5 Å². The first-order valence-electron chi connectivity index (χ1n) is 9.60. The van der Waals surface area contributed by atoms with Crippen molar-refractivity contribution in [2.24, 2.45) is 16.8 Å². The van der Waals surface area contributed by atoms with Crippen molar-refractivity contribution in [2.45, 2.75) is 46.0 Å². The van der Waals surface area contributed by atoms with E-state index in [0.717, 1.165) is 76.7 Å². The van der Waals surface area contributed by atoms with Gasteiger partial charge in [0.05, 0.1) is 13.2 Å². The highest BCUT2D eigenvalue weighted by Crippen LogP contribution is 2.28. The molecule has 2 atom stereocenters. The van der Waals surface area contributed by atoms with Crippen molar-refractivity contribution < 1.29 is 4.74 Å². The molecule has 0 aromatic rings. The van der Waals surface area contributed by atoms with E-state index in [-0.39, 0.29) is 0 Å². The number of hydrogen-bond donors (Lipinski definition) is 2. The SMILES string of the molecule is CCNC(=NCC1CCCC(C)C1)NCCCN1CCOCC1. The summed E-state index contributed by atoms with van der Waals surface area (Å²) in [6.07, 6.45) is 6.64. The Labute approximate surface area is 142 Å². The summed E-state index contributed by atoms with van der Waals surface area (Å²) < 4.78 is 5.39. The molecular weight excluding hydrogens is 288 g/mol. The predicted molar refractivity (Wildman–Crippen MR) is 97.0 cm³/mol. The van der Waals surface area contributed by atoms with Crippen LogP contribution in [0, 0.1) is 11.8 Å². The molecule has 1 aliphatic carbocycles. The van der Waals surface area contributed by atoms with Crippen LogP contribution in [0.1, 0.15) is 46.0 Å². The smallest absolute Gasteiger partial charge is 0.191 e. The minimum absolute atomic E-state index is 0.780. The molecule has 5 nitrogen and oxygen atoms in total. The molecule has 0 amide bonds. The molecule has 2 unspecified atom stereocenters. The van der Waals surface area contributed by atoms with Crippen LogP contribution in [0.15, 0.2) is 4.99 Å². The molecule has 2 fully saturated rings. The van der Waals surface area contributed by atoms with E-state index in [2.05, 4.69) is 29.4 Å². The van der Waals surface area contributed by atoms with E-state index in [4.69, 9.17) is 9.73 Å². The van der Waals surface area contributed by atoms with E-state index < -0.39 is 0 Å². The van der Waals surface area contributed by atoms with Crippen LogP contribution in [-0.4, -0.2) is 63.3 Å². The summed E-state index contributed by atoms with van der Waals surface area (Å²) in [6.45, 7) is 12.5. The van der Waals surface area contributed by atoms with Crippen LogP contribution in [0.3, 0.4) is 0 Å². The molecule has 23 heavy (non-hydrogen) atoms. The van der Waals surface area contributed by atoms with Crippen molar-refractivity contribution in [1.82, 2.24) is 15.5 Å². The molecule has 1 saturated carbocycles. The van der Waals surface area contributed by atoms with E-state index >= 15 is 0 Å². The highest BCUT2D eigenvalue weighted by Gasteiger charge is 2.18. The molecule has 0 aromatic carbocycles. The van der Waals surface area contributed by atoms with E-state index in [1.165, 1.54) is 25.7 Å². The van der Waals surface area contributed by atoms with Gasteiger partial charge in [-0.1, -0.05) is 19.8 Å². The van der Waals surface area contributed by atoms with E-state index in [1.807, 2.05) is 0 Å². The molecular formula is C18H36N4O. The van der Waals surface area contributed by atoms with E-state index in [1.54, 1.807) is 0 Å². The lowest BCUT2D eigenvalue weighted by molar-refractivity contribution is 0.0376. The standard InChI is InChI=1S/C18H36N4O/c1-3-19-18(21-15-17-7-4-6-16(2)14-17)20-8-5-9-22-10-12-23-13-11-22/h16-17H,3-15H2,1-2H3,(H2,19,20,21). The average molecular weight is 325 g/mol. The monoisotopic (exact) mass is 324 g/mol. The maximum Gasteiger partial charge on any atom is 0.191 e. The molecule has 2 aliphatic rings. The van der Waals surface area contributed by atoms with Gasteiger partial charge < -0.3 is 15.4 Å². The normalized spacial score (nSPS) is 27.0. The number of morpholine rings is 1. The quantitative estimate of drug-likeness (QED) is 0.428. The van der Waals surface area contributed by atoms with Crippen molar-refractivity contribution in [3.05, 3.63) is 0 Å². The van der Waals surface area contributed by atoms with Crippen molar-refractivity contribution in [3.63, 3.8) is 0 Å². The number of rotatable bonds is 7. The Morgan fingerprint density at radius 1 is 1.22 bits per heavy atom. The van der Waals surface area contributed by atoms with E-state index in [0.29, 0.717) is 0 Å². The lowest BCUT2D eigenvalue weighted by atomic mass is 9.82. The lowest BCUT2D eigenvalue weighted by Crippen LogP contribution is -2.41. The average Bonchev–Trinajstić information content (AvgIpc) is 2.57. The molecule has 1 heterocycles. The summed E-state index contributed by atoms with van der Waals surface area (Å²) in [5, 5.41) is 6.87. The van der Waals surface area contributed by atoms with Gasteiger partial charge in [0.1, 0.15) is 0 Å². The molecule has 0 radical (unpaired) electrons.